The summed E-state index contributed by atoms with van der Waals surface area (Å²) in [7, 11) is -26.1. The molecule has 0 aliphatic heterocycles. The van der Waals surface area contributed by atoms with Gasteiger partial charge in [0.2, 0.25) is 0 Å². The SMILES string of the molecule is Cn1cc(NC(=O)Nc2cc(C(=O)Nc3cc(C(=O)Nc4cc(S(=O)(=O)O)c5cc(S(=O)(=O)O)cc(S(=O)(=O)O)c5c4)n(C)c3)n(C)c2)cc1C(=O)Nc1cc(C(=O)Nc2cc(S(=O)(=O)O)c3cc(S(=O)(=O)O)cc(S(=O)(=O)O)c3c2)n(C)c1.[Na+]. The number of hydrogen-bond donors (Lipinski definition) is 12. The van der Waals surface area contributed by atoms with Crippen LogP contribution in [0.1, 0.15) is 42.0 Å². The Morgan fingerprint density at radius 1 is 0.306 bits per heavy atom. The third-order valence-electron chi connectivity index (χ3n) is 12.1. The molecular formula is C45H40N10NaO23S6+. The number of rotatable bonds is 16. The van der Waals surface area contributed by atoms with Crippen LogP contribution in [0.4, 0.5) is 38.9 Å². The number of urea groups is 1. The number of benzene rings is 4. The predicted molar refractivity (Wildman–Crippen MR) is 293 cm³/mol. The molecule has 8 aromatic rings. The fourth-order valence-electron chi connectivity index (χ4n) is 8.54. The van der Waals surface area contributed by atoms with E-state index in [1.165, 1.54) is 95.5 Å². The summed E-state index contributed by atoms with van der Waals surface area (Å²) < 4.78 is 210. The number of fused-ring (bicyclic) bond motifs is 2. The van der Waals surface area contributed by atoms with Gasteiger partial charge in [-0.25, -0.2) is 4.79 Å². The number of anilines is 6. The van der Waals surface area contributed by atoms with Crippen molar-refractivity contribution >= 4 is 146 Å². The van der Waals surface area contributed by atoms with Crippen molar-refractivity contribution in [2.75, 3.05) is 31.9 Å². The van der Waals surface area contributed by atoms with Crippen molar-refractivity contribution in [1.29, 1.82) is 0 Å². The number of aromatic nitrogens is 4. The Hall–Kier alpha value is -7.87. The molecule has 8 rings (SSSR count). The van der Waals surface area contributed by atoms with Crippen molar-refractivity contribution in [2.45, 2.75) is 29.4 Å². The standard InChI is InChI=1S/C45H40N10O23S6.Na/c1-52-17-23(7-33(52)41(56)46-21-5-29-31(37(11-21)81(67,68)69)13-27(79(61,62)63)15-39(29)83(73,74)75)48-43(58)35-9-25(19-54(35)3)50-45(60)51-26-10-36(55(4)20-26)44(59)49-24-8-34(53(2)18-24)42(57)47-22-6-30-32(38(12-22)82(70,71)72)14-28(80(64,65)66)16-40(30)84(76,77)78;/h5-20H,1-4H3,(H,46,56)(H,47,57)(H,48,58)(H,49,59)(H2,50,51,60)(H,61,62,63)(H,64,65,66)(H,67,68,69)(H,70,71,72)(H,73,74,75)(H,76,77,78);/q;+1. The van der Waals surface area contributed by atoms with Crippen LogP contribution < -0.4 is 61.5 Å². The molecule has 4 heterocycles. The first kappa shape index (κ1) is 64.7. The average molecular weight is 1300 g/mol. The van der Waals surface area contributed by atoms with Gasteiger partial charge in [-0.1, -0.05) is 0 Å². The number of hydrogen-bond acceptors (Lipinski definition) is 17. The largest absolute Gasteiger partial charge is 1.00 e. The maximum atomic E-state index is 13.5. The van der Waals surface area contributed by atoms with E-state index in [2.05, 4.69) is 31.9 Å². The molecule has 6 amide bonds. The van der Waals surface area contributed by atoms with Gasteiger partial charge in [0, 0.05) is 85.9 Å². The summed E-state index contributed by atoms with van der Waals surface area (Å²) in [6, 6.07) is 8.69. The Bertz CT molecular complexity index is 4650. The van der Waals surface area contributed by atoms with Gasteiger partial charge in [0.05, 0.1) is 32.5 Å². The van der Waals surface area contributed by atoms with E-state index in [4.69, 9.17) is 0 Å². The fourth-order valence-corrected chi connectivity index (χ4v) is 12.7. The first-order chi connectivity index (χ1) is 38.6. The Morgan fingerprint density at radius 3 is 0.776 bits per heavy atom. The molecule has 85 heavy (non-hydrogen) atoms. The zero-order chi connectivity index (χ0) is 62.3. The van der Waals surface area contributed by atoms with Crippen molar-refractivity contribution in [1.82, 2.24) is 18.3 Å². The topological polar surface area (TPSA) is 503 Å². The fraction of sp³-hybridized carbons (Fsp3) is 0.0889. The molecule has 0 aliphatic rings. The van der Waals surface area contributed by atoms with Gasteiger partial charge in [-0.2, -0.15) is 50.5 Å². The van der Waals surface area contributed by atoms with E-state index in [0.29, 0.717) is 36.4 Å². The molecule has 4 aromatic carbocycles. The van der Waals surface area contributed by atoms with Gasteiger partial charge in [0.25, 0.3) is 84.3 Å². The van der Waals surface area contributed by atoms with Gasteiger partial charge in [0.15, 0.2) is 0 Å². The van der Waals surface area contributed by atoms with E-state index >= 15 is 0 Å². The molecule has 0 radical (unpaired) electrons. The summed E-state index contributed by atoms with van der Waals surface area (Å²) in [6.45, 7) is 0. The average Bonchev–Trinajstić information content (AvgIpc) is 1.97. The molecular weight excluding hydrogens is 1260 g/mol. The molecule has 444 valence electrons. The van der Waals surface area contributed by atoms with Crippen LogP contribution in [0.2, 0.25) is 0 Å². The second kappa shape index (κ2) is 22.9. The van der Waals surface area contributed by atoms with Crippen LogP contribution in [0.3, 0.4) is 0 Å². The Balaban J connectivity index is 0.0000104. The van der Waals surface area contributed by atoms with Crippen LogP contribution in [0.25, 0.3) is 21.5 Å². The van der Waals surface area contributed by atoms with Gasteiger partial charge < -0.3 is 50.2 Å². The van der Waals surface area contributed by atoms with E-state index in [9.17, 15) is 102 Å². The normalized spacial score (nSPS) is 12.4. The smallest absolute Gasteiger partial charge is 0.344 e. The molecule has 33 nitrogen and oxygen atoms in total. The number of aryl methyl sites for hydroxylation is 4. The van der Waals surface area contributed by atoms with Crippen LogP contribution in [0.15, 0.2) is 127 Å². The Labute approximate surface area is 501 Å². The van der Waals surface area contributed by atoms with Crippen LogP contribution in [-0.4, -0.2) is 126 Å². The second-order valence-corrected chi connectivity index (χ2v) is 26.5. The minimum absolute atomic E-state index is 0. The summed E-state index contributed by atoms with van der Waals surface area (Å²) in [5, 5.41) is 11.8. The third kappa shape index (κ3) is 14.1. The summed E-state index contributed by atoms with van der Waals surface area (Å²) >= 11 is 0. The van der Waals surface area contributed by atoms with Gasteiger partial charge >= 0.3 is 35.6 Å². The Morgan fingerprint density at radius 2 is 0.529 bits per heavy atom. The summed E-state index contributed by atoms with van der Waals surface area (Å²) in [4.78, 5) is 60.1. The predicted octanol–water partition coefficient (Wildman–Crippen LogP) is 0.484. The van der Waals surface area contributed by atoms with Gasteiger partial charge in [-0.3, -0.25) is 46.5 Å². The van der Waals surface area contributed by atoms with Crippen molar-refractivity contribution in [2.24, 2.45) is 28.2 Å². The molecule has 4 aromatic heterocycles. The second-order valence-electron chi connectivity index (χ2n) is 18.1. The van der Waals surface area contributed by atoms with E-state index in [1.54, 1.807) is 0 Å². The monoisotopic (exact) mass is 1300 g/mol. The number of nitrogens with zero attached hydrogens (tertiary/aromatic N) is 4. The van der Waals surface area contributed by atoms with Gasteiger partial charge in [-0.15, -0.1) is 0 Å². The summed E-state index contributed by atoms with van der Waals surface area (Å²) in [6.07, 6.45) is 5.31. The van der Waals surface area contributed by atoms with Gasteiger partial charge in [0.1, 0.15) is 42.4 Å². The molecule has 0 fully saturated rings. The molecule has 40 heteroatoms. The molecule has 0 saturated heterocycles. The zero-order valence-corrected chi connectivity index (χ0v) is 50.5. The summed E-state index contributed by atoms with van der Waals surface area (Å²) in [5.41, 5.74) is -1.21. The van der Waals surface area contributed by atoms with Gasteiger partial charge in [-0.05, 0) is 72.8 Å². The first-order valence-corrected chi connectivity index (χ1v) is 31.3. The molecule has 0 spiro atoms. The summed E-state index contributed by atoms with van der Waals surface area (Å²) in [5.74, 6) is -3.53. The van der Waals surface area contributed by atoms with E-state index in [0.717, 1.165) is 12.1 Å². The zero-order valence-electron chi connectivity index (χ0n) is 43.6. The van der Waals surface area contributed by atoms with Crippen LogP contribution >= 0.6 is 0 Å². The van der Waals surface area contributed by atoms with Crippen LogP contribution in [0, 0.1) is 0 Å². The molecule has 0 bridgehead atoms. The number of nitrogens with one attached hydrogen (secondary N) is 6. The Kier molecular flexibility index (Phi) is 17.4. The minimum atomic E-state index is -5.35. The van der Waals surface area contributed by atoms with Crippen LogP contribution in [0.5, 0.6) is 0 Å². The molecule has 12 N–H and O–H groups in total. The third-order valence-corrected chi connectivity index (χ3v) is 17.4. The molecule has 0 saturated carbocycles. The maximum absolute atomic E-state index is 13.5. The van der Waals surface area contributed by atoms with E-state index in [1.807, 2.05) is 0 Å². The minimum Gasteiger partial charge on any atom is -0.344 e. The number of carbonyl (C=O) groups is 5. The number of carbonyl (C=O) groups excluding carboxylic acids is 5. The number of amides is 6. The van der Waals surface area contributed by atoms with Crippen molar-refractivity contribution < 1.29 is 131 Å². The first-order valence-electron chi connectivity index (χ1n) is 22.6. The van der Waals surface area contributed by atoms with Crippen molar-refractivity contribution in [3.05, 3.63) is 120 Å². The maximum Gasteiger partial charge on any atom is 1.00 e. The van der Waals surface area contributed by atoms with E-state index < -0.39 is 153 Å². The molecule has 0 atom stereocenters. The van der Waals surface area contributed by atoms with Crippen molar-refractivity contribution in [3.8, 4) is 0 Å². The van der Waals surface area contributed by atoms with Crippen molar-refractivity contribution in [3.63, 3.8) is 0 Å². The molecule has 0 unspecified atom stereocenters. The quantitative estimate of drug-likeness (QED) is 0.0462. The van der Waals surface area contributed by atoms with E-state index in [-0.39, 0.29) is 75.1 Å². The molecule has 0 aliphatic carbocycles. The van der Waals surface area contributed by atoms with Crippen LogP contribution in [-0.2, 0) is 88.9 Å².